The highest BCUT2D eigenvalue weighted by atomic mass is 32.2. The fourth-order valence-corrected chi connectivity index (χ4v) is 3.52. The van der Waals surface area contributed by atoms with E-state index in [1.54, 1.807) is 6.08 Å². The lowest BCUT2D eigenvalue weighted by Crippen LogP contribution is -2.46. The standard InChI is InChI=1S/C17H17N3O5S2/c18-13(21)7-6-11(16(24)25)19-14(22)9-20-15(23)12(27-17(20)26)8-10-4-2-1-3-5-10/h1-5,8,11H,6-7,9H2,(H2,18,21)(H,19,22)(H,24,25). The molecule has 0 aromatic heterocycles. The first-order valence-corrected chi connectivity index (χ1v) is 9.11. The summed E-state index contributed by atoms with van der Waals surface area (Å²) < 4.78 is 0.210. The summed E-state index contributed by atoms with van der Waals surface area (Å²) in [7, 11) is 0. The molecule has 1 aliphatic rings. The van der Waals surface area contributed by atoms with Crippen LogP contribution in [0.2, 0.25) is 0 Å². The Labute approximate surface area is 164 Å². The van der Waals surface area contributed by atoms with Gasteiger partial charge in [-0.3, -0.25) is 19.3 Å². The van der Waals surface area contributed by atoms with Gasteiger partial charge >= 0.3 is 5.97 Å². The molecule has 1 aromatic carbocycles. The summed E-state index contributed by atoms with van der Waals surface area (Å²) in [6.45, 7) is -0.406. The zero-order valence-corrected chi connectivity index (χ0v) is 15.7. The Morgan fingerprint density at radius 3 is 2.56 bits per heavy atom. The van der Waals surface area contributed by atoms with Gasteiger partial charge < -0.3 is 16.2 Å². The van der Waals surface area contributed by atoms with E-state index in [4.69, 9.17) is 23.1 Å². The van der Waals surface area contributed by atoms with Crippen molar-refractivity contribution < 1.29 is 24.3 Å². The van der Waals surface area contributed by atoms with Crippen LogP contribution in [-0.2, 0) is 19.2 Å². The molecule has 142 valence electrons. The van der Waals surface area contributed by atoms with Crippen molar-refractivity contribution in [2.24, 2.45) is 5.73 Å². The lowest BCUT2D eigenvalue weighted by molar-refractivity contribution is -0.142. The molecule has 1 saturated heterocycles. The number of nitrogens with two attached hydrogens (primary N) is 1. The molecular formula is C17H17N3O5S2. The summed E-state index contributed by atoms with van der Waals surface area (Å²) >= 11 is 6.22. The second kappa shape index (κ2) is 9.28. The van der Waals surface area contributed by atoms with Gasteiger partial charge in [0.1, 0.15) is 16.9 Å². The molecule has 0 radical (unpaired) electrons. The van der Waals surface area contributed by atoms with E-state index in [1.165, 1.54) is 0 Å². The van der Waals surface area contributed by atoms with E-state index in [0.29, 0.717) is 4.91 Å². The third-order valence-electron chi connectivity index (χ3n) is 3.59. The summed E-state index contributed by atoms with van der Waals surface area (Å²) in [5.74, 6) is -3.07. The van der Waals surface area contributed by atoms with Crippen LogP contribution in [0.4, 0.5) is 0 Å². The maximum absolute atomic E-state index is 12.5. The van der Waals surface area contributed by atoms with E-state index in [9.17, 15) is 19.2 Å². The largest absolute Gasteiger partial charge is 0.480 e. The Balaban J connectivity index is 2.01. The zero-order chi connectivity index (χ0) is 20.0. The SMILES string of the molecule is NC(=O)CCC(NC(=O)CN1C(=O)C(=Cc2ccccc2)SC1=S)C(=O)O. The van der Waals surface area contributed by atoms with Crippen molar-refractivity contribution in [1.29, 1.82) is 0 Å². The zero-order valence-electron chi connectivity index (χ0n) is 14.1. The van der Waals surface area contributed by atoms with Crippen molar-refractivity contribution in [3.05, 3.63) is 40.8 Å². The number of primary amides is 1. The normalized spacial score (nSPS) is 16.4. The summed E-state index contributed by atoms with van der Waals surface area (Å²) in [5.41, 5.74) is 5.81. The number of carboxylic acid groups (broad SMARTS) is 1. The van der Waals surface area contributed by atoms with Gasteiger partial charge in [-0.15, -0.1) is 0 Å². The minimum atomic E-state index is -1.29. The fourth-order valence-electron chi connectivity index (χ4n) is 2.26. The van der Waals surface area contributed by atoms with Gasteiger partial charge in [0.15, 0.2) is 0 Å². The first kappa shape index (κ1) is 20.6. The summed E-state index contributed by atoms with van der Waals surface area (Å²) in [5, 5.41) is 11.4. The minimum Gasteiger partial charge on any atom is -0.480 e. The average Bonchev–Trinajstić information content (AvgIpc) is 2.86. The van der Waals surface area contributed by atoms with Gasteiger partial charge in [-0.2, -0.15) is 0 Å². The number of carbonyl (C=O) groups is 4. The molecule has 8 nitrogen and oxygen atoms in total. The highest BCUT2D eigenvalue weighted by Gasteiger charge is 2.34. The highest BCUT2D eigenvalue weighted by molar-refractivity contribution is 8.26. The number of amides is 3. The number of carboxylic acids is 1. The highest BCUT2D eigenvalue weighted by Crippen LogP contribution is 2.32. The Kier molecular flexibility index (Phi) is 7.08. The smallest absolute Gasteiger partial charge is 0.326 e. The van der Waals surface area contributed by atoms with Gasteiger partial charge in [0, 0.05) is 6.42 Å². The molecule has 1 heterocycles. The van der Waals surface area contributed by atoms with Crippen LogP contribution in [0.1, 0.15) is 18.4 Å². The number of hydrogen-bond acceptors (Lipinski definition) is 6. The van der Waals surface area contributed by atoms with Gasteiger partial charge in [0.2, 0.25) is 11.8 Å². The fraction of sp³-hybridized carbons (Fsp3) is 0.235. The van der Waals surface area contributed by atoms with E-state index in [-0.39, 0.29) is 17.2 Å². The van der Waals surface area contributed by atoms with E-state index in [1.807, 2.05) is 30.3 Å². The van der Waals surface area contributed by atoms with Crippen LogP contribution in [0.25, 0.3) is 6.08 Å². The molecule has 1 aliphatic heterocycles. The summed E-state index contributed by atoms with van der Waals surface area (Å²) in [6, 6.07) is 7.90. The summed E-state index contributed by atoms with van der Waals surface area (Å²) in [6.07, 6.45) is 1.35. The van der Waals surface area contributed by atoms with Crippen LogP contribution in [0.5, 0.6) is 0 Å². The molecule has 10 heteroatoms. The quantitative estimate of drug-likeness (QED) is 0.428. The second-order valence-electron chi connectivity index (χ2n) is 5.64. The molecule has 1 unspecified atom stereocenters. The van der Waals surface area contributed by atoms with Crippen molar-refractivity contribution in [2.75, 3.05) is 6.54 Å². The molecule has 0 aliphatic carbocycles. The molecular weight excluding hydrogens is 390 g/mol. The first-order valence-electron chi connectivity index (χ1n) is 7.89. The van der Waals surface area contributed by atoms with Crippen LogP contribution in [-0.4, -0.2) is 50.6 Å². The van der Waals surface area contributed by atoms with Crippen LogP contribution < -0.4 is 11.1 Å². The number of nitrogens with zero attached hydrogens (tertiary/aromatic N) is 1. The van der Waals surface area contributed by atoms with Crippen molar-refractivity contribution in [3.63, 3.8) is 0 Å². The minimum absolute atomic E-state index is 0.136. The van der Waals surface area contributed by atoms with Crippen LogP contribution in [0.3, 0.4) is 0 Å². The number of benzene rings is 1. The van der Waals surface area contributed by atoms with Gasteiger partial charge in [-0.25, -0.2) is 4.79 Å². The Bertz CT molecular complexity index is 810. The molecule has 2 rings (SSSR count). The third-order valence-corrected chi connectivity index (χ3v) is 4.96. The molecule has 0 bridgehead atoms. The lowest BCUT2D eigenvalue weighted by atomic mass is 10.1. The van der Waals surface area contributed by atoms with Crippen LogP contribution in [0, 0.1) is 0 Å². The topological polar surface area (TPSA) is 130 Å². The second-order valence-corrected chi connectivity index (χ2v) is 7.32. The van der Waals surface area contributed by atoms with Gasteiger partial charge in [0.25, 0.3) is 5.91 Å². The monoisotopic (exact) mass is 407 g/mol. The number of carbonyl (C=O) groups excluding carboxylic acids is 3. The molecule has 3 amide bonds. The Hall–Kier alpha value is -2.72. The van der Waals surface area contributed by atoms with Crippen LogP contribution in [0.15, 0.2) is 35.2 Å². The number of thioether (sulfide) groups is 1. The van der Waals surface area contributed by atoms with Gasteiger partial charge in [-0.1, -0.05) is 54.3 Å². The van der Waals surface area contributed by atoms with Crippen molar-refractivity contribution in [2.45, 2.75) is 18.9 Å². The van der Waals surface area contributed by atoms with Crippen molar-refractivity contribution in [1.82, 2.24) is 10.2 Å². The predicted molar refractivity (Wildman–Crippen MR) is 104 cm³/mol. The average molecular weight is 407 g/mol. The molecule has 0 saturated carbocycles. The first-order chi connectivity index (χ1) is 12.8. The predicted octanol–water partition coefficient (Wildman–Crippen LogP) is 0.723. The molecule has 1 aromatic rings. The summed E-state index contributed by atoms with van der Waals surface area (Å²) in [4.78, 5) is 48.1. The van der Waals surface area contributed by atoms with E-state index in [0.717, 1.165) is 22.2 Å². The van der Waals surface area contributed by atoms with E-state index >= 15 is 0 Å². The van der Waals surface area contributed by atoms with Crippen molar-refractivity contribution in [3.8, 4) is 0 Å². The number of thiocarbonyl (C=S) groups is 1. The Morgan fingerprint density at radius 2 is 1.96 bits per heavy atom. The number of rotatable bonds is 8. The van der Waals surface area contributed by atoms with Crippen molar-refractivity contribution >= 4 is 58.1 Å². The maximum Gasteiger partial charge on any atom is 0.326 e. The molecule has 0 spiro atoms. The van der Waals surface area contributed by atoms with E-state index in [2.05, 4.69) is 5.32 Å². The van der Waals surface area contributed by atoms with Crippen LogP contribution >= 0.6 is 24.0 Å². The number of aliphatic carboxylic acids is 1. The molecule has 4 N–H and O–H groups in total. The lowest BCUT2D eigenvalue weighted by Gasteiger charge is -2.17. The third kappa shape index (κ3) is 5.90. The number of hydrogen-bond donors (Lipinski definition) is 3. The molecule has 27 heavy (non-hydrogen) atoms. The van der Waals surface area contributed by atoms with Gasteiger partial charge in [0.05, 0.1) is 4.91 Å². The molecule has 1 fully saturated rings. The van der Waals surface area contributed by atoms with E-state index < -0.39 is 36.3 Å². The molecule has 1 atom stereocenters. The number of nitrogens with one attached hydrogen (secondary N) is 1. The van der Waals surface area contributed by atoms with Gasteiger partial charge in [-0.05, 0) is 18.1 Å². The maximum atomic E-state index is 12.5. The Morgan fingerprint density at radius 1 is 1.30 bits per heavy atom.